The van der Waals surface area contributed by atoms with E-state index in [1.54, 1.807) is 0 Å². The van der Waals surface area contributed by atoms with E-state index < -0.39 is 0 Å². The lowest BCUT2D eigenvalue weighted by Crippen LogP contribution is -1.94. The Labute approximate surface area is 308 Å². The van der Waals surface area contributed by atoms with Gasteiger partial charge in [0.25, 0.3) is 0 Å². The van der Waals surface area contributed by atoms with E-state index in [1.807, 2.05) is 35.7 Å². The molecule has 0 aliphatic carbocycles. The Bertz CT molecular complexity index is 3420. The molecule has 12 aromatic rings. The number of aromatic nitrogens is 3. The molecule has 0 atom stereocenters. The number of nitrogens with zero attached hydrogens (tertiary/aromatic N) is 3. The van der Waals surface area contributed by atoms with Crippen LogP contribution in [0, 0.1) is 0 Å². The van der Waals surface area contributed by atoms with Gasteiger partial charge < -0.3 is 8.97 Å². The van der Waals surface area contributed by atoms with Crippen molar-refractivity contribution in [2.24, 2.45) is 0 Å². The van der Waals surface area contributed by atoms with Gasteiger partial charge in [0.2, 0.25) is 0 Å². The maximum atomic E-state index is 4.89. The van der Waals surface area contributed by atoms with Crippen molar-refractivity contribution < 1.29 is 0 Å². The predicted molar refractivity (Wildman–Crippen MR) is 226 cm³/mol. The Kier molecular flexibility index (Phi) is 5.93. The van der Waals surface area contributed by atoms with Gasteiger partial charge in [-0.25, -0.2) is 4.98 Å². The first-order valence-corrected chi connectivity index (χ1v) is 18.9. The van der Waals surface area contributed by atoms with Crippen LogP contribution >= 0.6 is 11.3 Å². The molecule has 0 aliphatic rings. The van der Waals surface area contributed by atoms with Crippen LogP contribution in [0.3, 0.4) is 0 Å². The third-order valence-electron chi connectivity index (χ3n) is 11.1. The van der Waals surface area contributed by atoms with Crippen molar-refractivity contribution in [3.8, 4) is 28.1 Å². The number of hydrogen-bond acceptors (Lipinski definition) is 2. The first-order valence-electron chi connectivity index (χ1n) is 18.0. The van der Waals surface area contributed by atoms with Crippen molar-refractivity contribution >= 4 is 91.3 Å². The molecule has 3 nitrogen and oxygen atoms in total. The summed E-state index contributed by atoms with van der Waals surface area (Å²) in [6, 6.07) is 59.9. The van der Waals surface area contributed by atoms with Crippen molar-refractivity contribution in [3.05, 3.63) is 176 Å². The van der Waals surface area contributed by atoms with Crippen LogP contribution in [0.1, 0.15) is 0 Å². The Morgan fingerprint density at radius 2 is 1.17 bits per heavy atom. The molecule has 246 valence electrons. The van der Waals surface area contributed by atoms with E-state index in [9.17, 15) is 0 Å². The van der Waals surface area contributed by atoms with E-state index in [1.165, 1.54) is 85.4 Å². The summed E-state index contributed by atoms with van der Waals surface area (Å²) in [6.45, 7) is 0. The van der Waals surface area contributed by atoms with Gasteiger partial charge in [-0.1, -0.05) is 127 Å². The lowest BCUT2D eigenvalue weighted by Gasteiger charge is -2.12. The summed E-state index contributed by atoms with van der Waals surface area (Å²) in [6.07, 6.45) is 4.15. The Balaban J connectivity index is 1.17. The fraction of sp³-hybridized carbons (Fsp3) is 0. The monoisotopic (exact) mass is 691 g/mol. The Morgan fingerprint density at radius 1 is 0.472 bits per heavy atom. The molecule has 53 heavy (non-hydrogen) atoms. The van der Waals surface area contributed by atoms with E-state index in [4.69, 9.17) is 4.98 Å². The minimum atomic E-state index is 0.949. The molecule has 0 bridgehead atoms. The highest BCUT2D eigenvalue weighted by molar-refractivity contribution is 7.27. The van der Waals surface area contributed by atoms with Gasteiger partial charge >= 0.3 is 0 Å². The number of para-hydroxylation sites is 1. The van der Waals surface area contributed by atoms with Crippen LogP contribution in [-0.2, 0) is 0 Å². The molecule has 0 saturated carbocycles. The van der Waals surface area contributed by atoms with Crippen LogP contribution in [0.4, 0.5) is 0 Å². The molecular formula is C49H29N3S. The molecule has 0 N–H and O–H groups in total. The van der Waals surface area contributed by atoms with Gasteiger partial charge in [-0.15, -0.1) is 11.3 Å². The summed E-state index contributed by atoms with van der Waals surface area (Å²) in [7, 11) is 0. The highest BCUT2D eigenvalue weighted by atomic mass is 32.1. The standard InChI is InChI=1S/C49H29N3S/c1-2-13-33-31(12-1)28-41(35-15-4-3-14-34(33)35)38-19-11-20-40-46-45-39-18-7-8-21-43(39)52(47(45)36-16-5-6-17-37(36)49(46)53-48(38)40)32-25-23-30(24-26-32)42-29-51-27-10-9-22-44(51)50-42/h1-29H. The van der Waals surface area contributed by atoms with Crippen LogP contribution in [0.25, 0.3) is 108 Å². The number of benzene rings is 8. The minimum absolute atomic E-state index is 0.949. The van der Waals surface area contributed by atoms with E-state index in [0.717, 1.165) is 22.6 Å². The van der Waals surface area contributed by atoms with Gasteiger partial charge in [-0.05, 0) is 63.5 Å². The van der Waals surface area contributed by atoms with Crippen molar-refractivity contribution in [3.63, 3.8) is 0 Å². The molecule has 12 rings (SSSR count). The zero-order valence-corrected chi connectivity index (χ0v) is 29.3. The number of thiophene rings is 1. The van der Waals surface area contributed by atoms with Gasteiger partial charge in [0.05, 0.1) is 16.7 Å². The highest BCUT2D eigenvalue weighted by Gasteiger charge is 2.23. The zero-order valence-electron chi connectivity index (χ0n) is 28.5. The summed E-state index contributed by atoms with van der Waals surface area (Å²) < 4.78 is 7.22. The van der Waals surface area contributed by atoms with Gasteiger partial charge in [-0.2, -0.15) is 0 Å². The Hall–Kier alpha value is -6.75. The summed E-state index contributed by atoms with van der Waals surface area (Å²) in [5.74, 6) is 0. The first-order chi connectivity index (χ1) is 26.3. The maximum Gasteiger partial charge on any atom is 0.137 e. The molecule has 0 aliphatic heterocycles. The number of pyridine rings is 1. The van der Waals surface area contributed by atoms with E-state index in [0.29, 0.717) is 0 Å². The second-order valence-electron chi connectivity index (χ2n) is 13.9. The van der Waals surface area contributed by atoms with E-state index in [-0.39, 0.29) is 0 Å². The normalized spacial score (nSPS) is 12.2. The van der Waals surface area contributed by atoms with Crippen LogP contribution in [-0.4, -0.2) is 14.0 Å². The molecule has 0 amide bonds. The van der Waals surface area contributed by atoms with Crippen LogP contribution in [0.15, 0.2) is 176 Å². The largest absolute Gasteiger partial charge is 0.309 e. The Morgan fingerprint density at radius 3 is 2.02 bits per heavy atom. The fourth-order valence-electron chi connectivity index (χ4n) is 8.81. The third kappa shape index (κ3) is 4.07. The molecule has 4 heteroatoms. The second-order valence-corrected chi connectivity index (χ2v) is 15.0. The van der Waals surface area contributed by atoms with Gasteiger partial charge in [0.15, 0.2) is 0 Å². The molecule has 0 fully saturated rings. The average molecular weight is 692 g/mol. The van der Waals surface area contributed by atoms with Gasteiger partial charge in [0, 0.05) is 70.9 Å². The lowest BCUT2D eigenvalue weighted by molar-refractivity contribution is 1.18. The summed E-state index contributed by atoms with van der Waals surface area (Å²) in [4.78, 5) is 4.89. The smallest absolute Gasteiger partial charge is 0.137 e. The topological polar surface area (TPSA) is 22.2 Å². The molecular weight excluding hydrogens is 663 g/mol. The van der Waals surface area contributed by atoms with Crippen LogP contribution in [0.2, 0.25) is 0 Å². The molecule has 0 unspecified atom stereocenters. The quantitative estimate of drug-likeness (QED) is 0.169. The number of fused-ring (bicyclic) bond motifs is 14. The average Bonchev–Trinajstić information content (AvgIpc) is 3.93. The first kappa shape index (κ1) is 28.9. The zero-order chi connectivity index (χ0) is 34.6. The molecule has 0 spiro atoms. The minimum Gasteiger partial charge on any atom is -0.309 e. The molecule has 0 radical (unpaired) electrons. The lowest BCUT2D eigenvalue weighted by atomic mass is 9.92. The van der Waals surface area contributed by atoms with Gasteiger partial charge in [0.1, 0.15) is 5.65 Å². The van der Waals surface area contributed by atoms with Crippen molar-refractivity contribution in [2.75, 3.05) is 0 Å². The SMILES string of the molecule is c1ccc2c(c1)cc(-c1cccc3c1sc1c4ccccc4c4c(c5ccccc5n4-c4ccc(-c5cn6ccccc6n5)cc4)c31)c1ccccc12. The summed E-state index contributed by atoms with van der Waals surface area (Å²) in [5, 5.41) is 12.9. The second kappa shape index (κ2) is 10.9. The molecule has 8 aromatic carbocycles. The molecule has 4 heterocycles. The van der Waals surface area contributed by atoms with Gasteiger partial charge in [-0.3, -0.25) is 0 Å². The maximum absolute atomic E-state index is 4.89. The number of rotatable bonds is 3. The van der Waals surface area contributed by atoms with Crippen molar-refractivity contribution in [2.45, 2.75) is 0 Å². The number of hydrogen-bond donors (Lipinski definition) is 0. The predicted octanol–water partition coefficient (Wildman–Crippen LogP) is 13.6. The van der Waals surface area contributed by atoms with Crippen LogP contribution < -0.4 is 0 Å². The van der Waals surface area contributed by atoms with E-state index in [2.05, 4.69) is 161 Å². The highest BCUT2D eigenvalue weighted by Crippen LogP contribution is 2.50. The summed E-state index contributed by atoms with van der Waals surface area (Å²) in [5.41, 5.74) is 9.17. The molecule has 0 saturated heterocycles. The van der Waals surface area contributed by atoms with E-state index >= 15 is 0 Å². The summed E-state index contributed by atoms with van der Waals surface area (Å²) >= 11 is 1.94. The fourth-order valence-corrected chi connectivity index (χ4v) is 10.2. The van der Waals surface area contributed by atoms with Crippen molar-refractivity contribution in [1.82, 2.24) is 14.0 Å². The third-order valence-corrected chi connectivity index (χ3v) is 12.4. The number of imidazole rings is 1. The molecule has 4 aromatic heterocycles. The van der Waals surface area contributed by atoms with Crippen LogP contribution in [0.5, 0.6) is 0 Å². The van der Waals surface area contributed by atoms with Crippen molar-refractivity contribution in [1.29, 1.82) is 0 Å².